The fraction of sp³-hybridized carbons (Fsp3) is 0.500. The summed E-state index contributed by atoms with van der Waals surface area (Å²) in [7, 11) is 1.64. The average Bonchev–Trinajstić information content (AvgIpc) is 2.82. The number of carbonyl (C=O) groups is 1. The lowest BCUT2D eigenvalue weighted by Crippen LogP contribution is -2.44. The normalized spacial score (nSPS) is 14.3. The second kappa shape index (κ2) is 12.2. The number of ether oxygens (including phenoxy) is 2. The van der Waals surface area contributed by atoms with Crippen LogP contribution < -0.4 is 14.8 Å². The van der Waals surface area contributed by atoms with Crippen molar-refractivity contribution in [3.63, 3.8) is 0 Å². The van der Waals surface area contributed by atoms with Gasteiger partial charge in [0, 0.05) is 19.6 Å². The molecule has 1 aliphatic rings. The minimum absolute atomic E-state index is 0.0235. The van der Waals surface area contributed by atoms with E-state index < -0.39 is 0 Å². The molecule has 1 saturated heterocycles. The van der Waals surface area contributed by atoms with Gasteiger partial charge in [0.15, 0.2) is 11.5 Å². The van der Waals surface area contributed by atoms with Crippen LogP contribution in [-0.2, 0) is 13.2 Å². The Kier molecular flexibility index (Phi) is 9.07. The zero-order chi connectivity index (χ0) is 21.9. The first kappa shape index (κ1) is 23.0. The molecule has 5 nitrogen and oxygen atoms in total. The quantitative estimate of drug-likeness (QED) is 0.492. The van der Waals surface area contributed by atoms with E-state index in [-0.39, 0.29) is 6.03 Å². The standard InChI is InChI=1S/C26H36N2O3/c1-3-4-6-9-21-14-16-28(17-15-21)26(29)27-19-23-12-13-24(25(18-23)30-2)31-20-22-10-7-5-8-11-22/h5,7-8,10-13,18,21H,3-4,6,9,14-17,19-20H2,1-2H3,(H,27,29). The molecule has 1 N–H and O–H groups in total. The summed E-state index contributed by atoms with van der Waals surface area (Å²) in [6.45, 7) is 4.93. The van der Waals surface area contributed by atoms with Crippen molar-refractivity contribution in [2.75, 3.05) is 20.2 Å². The van der Waals surface area contributed by atoms with Gasteiger partial charge < -0.3 is 19.7 Å². The molecule has 0 bridgehead atoms. The molecule has 0 spiro atoms. The summed E-state index contributed by atoms with van der Waals surface area (Å²) >= 11 is 0. The fourth-order valence-electron chi connectivity index (χ4n) is 4.07. The SMILES string of the molecule is CCCCCC1CCN(C(=O)NCc2ccc(OCc3ccccc3)c(OC)c2)CC1. The number of hydrogen-bond acceptors (Lipinski definition) is 3. The van der Waals surface area contributed by atoms with Crippen LogP contribution in [0, 0.1) is 5.92 Å². The van der Waals surface area contributed by atoms with Crippen molar-refractivity contribution >= 4 is 6.03 Å². The molecule has 0 saturated carbocycles. The number of methoxy groups -OCH3 is 1. The Morgan fingerprint density at radius 3 is 2.52 bits per heavy atom. The number of unbranched alkanes of at least 4 members (excludes halogenated alkanes) is 2. The van der Waals surface area contributed by atoms with Crippen molar-refractivity contribution in [1.82, 2.24) is 10.2 Å². The predicted octanol–water partition coefficient (Wildman–Crippen LogP) is 5.78. The van der Waals surface area contributed by atoms with Gasteiger partial charge >= 0.3 is 6.03 Å². The van der Waals surface area contributed by atoms with Gasteiger partial charge in [0.25, 0.3) is 0 Å². The van der Waals surface area contributed by atoms with Gasteiger partial charge in [-0.15, -0.1) is 0 Å². The van der Waals surface area contributed by atoms with E-state index in [2.05, 4.69) is 12.2 Å². The monoisotopic (exact) mass is 424 g/mol. The summed E-state index contributed by atoms with van der Waals surface area (Å²) in [5.41, 5.74) is 2.10. The summed E-state index contributed by atoms with van der Waals surface area (Å²) < 4.78 is 11.4. The highest BCUT2D eigenvalue weighted by molar-refractivity contribution is 5.74. The molecule has 2 aromatic rings. The van der Waals surface area contributed by atoms with Crippen LogP contribution in [0.4, 0.5) is 4.79 Å². The van der Waals surface area contributed by atoms with Crippen LogP contribution in [0.5, 0.6) is 11.5 Å². The Morgan fingerprint density at radius 2 is 1.81 bits per heavy atom. The Balaban J connectivity index is 1.45. The molecule has 0 atom stereocenters. The maximum atomic E-state index is 12.6. The minimum atomic E-state index is 0.0235. The molecule has 0 radical (unpaired) electrons. The first-order valence-electron chi connectivity index (χ1n) is 11.6. The molecule has 2 aromatic carbocycles. The third kappa shape index (κ3) is 7.20. The van der Waals surface area contributed by atoms with Crippen LogP contribution in [0.3, 0.4) is 0 Å². The number of nitrogens with zero attached hydrogens (tertiary/aromatic N) is 1. The van der Waals surface area contributed by atoms with Crippen LogP contribution in [0.15, 0.2) is 48.5 Å². The van der Waals surface area contributed by atoms with E-state index >= 15 is 0 Å². The largest absolute Gasteiger partial charge is 0.493 e. The lowest BCUT2D eigenvalue weighted by atomic mass is 9.91. The Morgan fingerprint density at radius 1 is 1.03 bits per heavy atom. The second-order valence-corrected chi connectivity index (χ2v) is 8.34. The Labute approximate surface area is 186 Å². The second-order valence-electron chi connectivity index (χ2n) is 8.34. The van der Waals surface area contributed by atoms with Gasteiger partial charge in [-0.25, -0.2) is 4.79 Å². The number of rotatable bonds is 10. The highest BCUT2D eigenvalue weighted by Gasteiger charge is 2.22. The highest BCUT2D eigenvalue weighted by Crippen LogP contribution is 2.29. The number of urea groups is 1. The van der Waals surface area contributed by atoms with Gasteiger partial charge in [-0.1, -0.05) is 69.0 Å². The van der Waals surface area contributed by atoms with Crippen molar-refractivity contribution in [2.45, 2.75) is 58.6 Å². The number of amides is 2. The van der Waals surface area contributed by atoms with E-state index in [0.717, 1.165) is 43.0 Å². The molecule has 1 aliphatic heterocycles. The van der Waals surface area contributed by atoms with E-state index in [1.807, 2.05) is 53.4 Å². The van der Waals surface area contributed by atoms with Crippen molar-refractivity contribution in [3.05, 3.63) is 59.7 Å². The molecule has 0 unspecified atom stereocenters. The van der Waals surface area contributed by atoms with Crippen LogP contribution >= 0.6 is 0 Å². The van der Waals surface area contributed by atoms with Gasteiger partial charge in [-0.05, 0) is 42.0 Å². The Bertz CT molecular complexity index is 802. The van der Waals surface area contributed by atoms with Gasteiger partial charge in [0.1, 0.15) is 6.61 Å². The van der Waals surface area contributed by atoms with E-state index in [4.69, 9.17) is 9.47 Å². The first-order valence-corrected chi connectivity index (χ1v) is 11.6. The van der Waals surface area contributed by atoms with Crippen molar-refractivity contribution in [2.24, 2.45) is 5.92 Å². The molecule has 0 aromatic heterocycles. The summed E-state index contributed by atoms with van der Waals surface area (Å²) in [4.78, 5) is 14.5. The van der Waals surface area contributed by atoms with Crippen molar-refractivity contribution < 1.29 is 14.3 Å². The average molecular weight is 425 g/mol. The van der Waals surface area contributed by atoms with Gasteiger partial charge in [-0.2, -0.15) is 0 Å². The van der Waals surface area contributed by atoms with Gasteiger partial charge in [-0.3, -0.25) is 0 Å². The molecule has 1 fully saturated rings. The maximum absolute atomic E-state index is 12.6. The van der Waals surface area contributed by atoms with E-state index in [1.54, 1.807) is 7.11 Å². The number of nitrogens with one attached hydrogen (secondary N) is 1. The minimum Gasteiger partial charge on any atom is -0.493 e. The lowest BCUT2D eigenvalue weighted by molar-refractivity contribution is 0.167. The molecule has 2 amide bonds. The van der Waals surface area contributed by atoms with Crippen LogP contribution in [-0.4, -0.2) is 31.1 Å². The summed E-state index contributed by atoms with van der Waals surface area (Å²) in [5.74, 6) is 2.16. The van der Waals surface area contributed by atoms with E-state index in [9.17, 15) is 4.79 Å². The smallest absolute Gasteiger partial charge is 0.317 e. The van der Waals surface area contributed by atoms with Crippen LogP contribution in [0.25, 0.3) is 0 Å². The molecular formula is C26H36N2O3. The van der Waals surface area contributed by atoms with Crippen molar-refractivity contribution in [3.8, 4) is 11.5 Å². The topological polar surface area (TPSA) is 50.8 Å². The zero-order valence-electron chi connectivity index (χ0n) is 18.9. The molecule has 5 heteroatoms. The first-order chi connectivity index (χ1) is 15.2. The van der Waals surface area contributed by atoms with E-state index in [1.165, 1.54) is 25.7 Å². The molecule has 0 aliphatic carbocycles. The highest BCUT2D eigenvalue weighted by atomic mass is 16.5. The lowest BCUT2D eigenvalue weighted by Gasteiger charge is -2.32. The molecular weight excluding hydrogens is 388 g/mol. The number of carbonyl (C=O) groups excluding carboxylic acids is 1. The molecule has 3 rings (SSSR count). The molecule has 31 heavy (non-hydrogen) atoms. The summed E-state index contributed by atoms with van der Waals surface area (Å²) in [5, 5.41) is 3.06. The number of piperidine rings is 1. The third-order valence-electron chi connectivity index (χ3n) is 6.03. The Hall–Kier alpha value is -2.69. The maximum Gasteiger partial charge on any atom is 0.317 e. The summed E-state index contributed by atoms with van der Waals surface area (Å²) in [6, 6.07) is 15.9. The van der Waals surface area contributed by atoms with Gasteiger partial charge in [0.05, 0.1) is 7.11 Å². The third-order valence-corrected chi connectivity index (χ3v) is 6.03. The van der Waals surface area contributed by atoms with Crippen molar-refractivity contribution in [1.29, 1.82) is 0 Å². The van der Waals surface area contributed by atoms with Crippen LogP contribution in [0.1, 0.15) is 56.6 Å². The number of likely N-dealkylation sites (tertiary alicyclic amines) is 1. The van der Waals surface area contributed by atoms with E-state index in [0.29, 0.717) is 24.7 Å². The van der Waals surface area contributed by atoms with Gasteiger partial charge in [0.2, 0.25) is 0 Å². The fourth-order valence-corrected chi connectivity index (χ4v) is 4.07. The summed E-state index contributed by atoms with van der Waals surface area (Å²) in [6.07, 6.45) is 7.46. The predicted molar refractivity (Wildman–Crippen MR) is 124 cm³/mol. The molecule has 1 heterocycles. The molecule has 168 valence electrons. The number of benzene rings is 2. The van der Waals surface area contributed by atoms with Crippen LogP contribution in [0.2, 0.25) is 0 Å². The number of hydrogen-bond donors (Lipinski definition) is 1. The zero-order valence-corrected chi connectivity index (χ0v) is 18.9.